The Bertz CT molecular complexity index is 1460. The van der Waals surface area contributed by atoms with E-state index in [2.05, 4.69) is 4.90 Å². The third-order valence-corrected chi connectivity index (χ3v) is 8.48. The summed E-state index contributed by atoms with van der Waals surface area (Å²) in [5.74, 6) is -4.94. The van der Waals surface area contributed by atoms with Crippen LogP contribution in [0.15, 0.2) is 24.0 Å². The molecular weight excluding hydrogens is 582 g/mol. The Balaban J connectivity index is 1.56. The zero-order chi connectivity index (χ0) is 32.4. The van der Waals surface area contributed by atoms with Crippen LogP contribution < -0.4 is 9.47 Å². The number of ether oxygens (including phenoxy) is 6. The Labute approximate surface area is 252 Å². The summed E-state index contributed by atoms with van der Waals surface area (Å²) >= 11 is 0. The van der Waals surface area contributed by atoms with Gasteiger partial charge in [0.15, 0.2) is 17.6 Å². The predicted molar refractivity (Wildman–Crippen MR) is 147 cm³/mol. The molecule has 1 aromatic rings. The molecule has 1 aromatic carbocycles. The first-order chi connectivity index (χ1) is 20.5. The number of esters is 3. The number of carboxylic acids is 1. The number of likely N-dealkylation sites (tertiary alicyclic amines) is 1. The van der Waals surface area contributed by atoms with Crippen molar-refractivity contribution in [3.8, 4) is 11.5 Å². The minimum absolute atomic E-state index is 0.0328. The number of piperidine rings is 1. The van der Waals surface area contributed by atoms with E-state index in [0.29, 0.717) is 24.9 Å². The summed E-state index contributed by atoms with van der Waals surface area (Å²) in [7, 11) is 1.91. The van der Waals surface area contributed by atoms with Crippen LogP contribution in [0.25, 0.3) is 0 Å². The van der Waals surface area contributed by atoms with Crippen LogP contribution in [0.5, 0.6) is 11.5 Å². The number of nitrogens with zero attached hydrogens (tertiary/aromatic N) is 1. The number of rotatable bonds is 7. The van der Waals surface area contributed by atoms with Crippen LogP contribution in [0.3, 0.4) is 0 Å². The minimum atomic E-state index is -2.19. The van der Waals surface area contributed by atoms with Crippen molar-refractivity contribution in [2.45, 2.75) is 94.9 Å². The number of hydrogen-bond donors (Lipinski definition) is 2. The van der Waals surface area contributed by atoms with Gasteiger partial charge in [-0.3, -0.25) is 9.59 Å². The third kappa shape index (κ3) is 5.05. The van der Waals surface area contributed by atoms with Crippen molar-refractivity contribution in [2.24, 2.45) is 0 Å². The van der Waals surface area contributed by atoms with Gasteiger partial charge in [-0.25, -0.2) is 14.4 Å². The molecule has 0 aromatic heterocycles. The monoisotopic (exact) mass is 617 g/mol. The molecule has 2 heterocycles. The SMILES string of the molecule is CC(=O)OC(C(=O)O)[C@@H](OC(C)=O)C(=O)OC1=CC[C@@]2(O)[C@H]3Cc4ccc(OC(=O)OC(C)(C)C)c5c4[C@@]2(CCN3C)[C@H]1O5. The van der Waals surface area contributed by atoms with Crippen molar-refractivity contribution in [1.82, 2.24) is 4.90 Å². The summed E-state index contributed by atoms with van der Waals surface area (Å²) in [6, 6.07) is 3.05. The largest absolute Gasteiger partial charge is 0.514 e. The normalized spacial score (nSPS) is 27.8. The second kappa shape index (κ2) is 10.8. The van der Waals surface area contributed by atoms with Gasteiger partial charge in [-0.05, 0) is 64.9 Å². The summed E-state index contributed by atoms with van der Waals surface area (Å²) in [6.07, 6.45) is -4.06. The number of aliphatic hydroxyl groups is 1. The highest BCUT2D eigenvalue weighted by atomic mass is 16.7. The number of carbonyl (C=O) groups excluding carboxylic acids is 4. The van der Waals surface area contributed by atoms with Gasteiger partial charge in [0.2, 0.25) is 12.2 Å². The zero-order valence-electron chi connectivity index (χ0n) is 25.2. The highest BCUT2D eigenvalue weighted by Gasteiger charge is 2.72. The number of carboxylic acid groups (broad SMARTS) is 1. The molecule has 0 saturated carbocycles. The maximum atomic E-state index is 13.4. The lowest BCUT2D eigenvalue weighted by atomic mass is 9.50. The molecule has 2 bridgehead atoms. The van der Waals surface area contributed by atoms with E-state index >= 15 is 0 Å². The van der Waals surface area contributed by atoms with E-state index < -0.39 is 65.0 Å². The average Bonchev–Trinajstić information content (AvgIpc) is 3.25. The standard InChI is InChI=1S/C30H35NO13/c1-14(32)39-22(25(34)35)23(40-15(2)33)26(36)41-18-9-10-30(38)19-13-16-7-8-17(42-27(37)44-28(3,4)5)21-20(16)29(30,24(18)43-21)11-12-31(19)6/h7-9,19,22-24,38H,10-13H2,1-6H3,(H,34,35)/t19-,22?,23-,24+,29+,30-/m1/s1. The van der Waals surface area contributed by atoms with Crippen molar-refractivity contribution in [3.63, 3.8) is 0 Å². The fourth-order valence-electron chi connectivity index (χ4n) is 6.88. The van der Waals surface area contributed by atoms with Crippen molar-refractivity contribution in [2.75, 3.05) is 13.6 Å². The van der Waals surface area contributed by atoms with E-state index in [-0.39, 0.29) is 29.7 Å². The first-order valence-electron chi connectivity index (χ1n) is 14.1. The zero-order valence-corrected chi connectivity index (χ0v) is 25.2. The molecule has 2 N–H and O–H groups in total. The quantitative estimate of drug-likeness (QED) is 0.256. The van der Waals surface area contributed by atoms with E-state index in [9.17, 15) is 34.2 Å². The molecule has 5 rings (SSSR count). The lowest BCUT2D eigenvalue weighted by Crippen LogP contribution is -2.74. The van der Waals surface area contributed by atoms with E-state index in [4.69, 9.17) is 28.4 Å². The maximum absolute atomic E-state index is 13.4. The fraction of sp³-hybridized carbons (Fsp3) is 0.567. The van der Waals surface area contributed by atoms with Crippen LogP contribution in [0.4, 0.5) is 4.79 Å². The molecule has 1 fully saturated rings. The van der Waals surface area contributed by atoms with E-state index in [1.165, 1.54) is 6.08 Å². The summed E-state index contributed by atoms with van der Waals surface area (Å²) in [6.45, 7) is 7.51. The number of likely N-dealkylation sites (N-methyl/N-ethyl adjacent to an activating group) is 1. The molecule has 2 aliphatic heterocycles. The van der Waals surface area contributed by atoms with Crippen molar-refractivity contribution < 1.29 is 62.6 Å². The van der Waals surface area contributed by atoms with Crippen molar-refractivity contribution in [3.05, 3.63) is 35.1 Å². The molecule has 14 heteroatoms. The van der Waals surface area contributed by atoms with Crippen LogP contribution in [0.2, 0.25) is 0 Å². The molecule has 1 spiro atoms. The summed E-state index contributed by atoms with van der Waals surface area (Å²) < 4.78 is 32.7. The minimum Gasteiger partial charge on any atom is -0.478 e. The van der Waals surface area contributed by atoms with Gasteiger partial charge in [0.1, 0.15) is 11.4 Å². The second-order valence-corrected chi connectivity index (χ2v) is 12.5. The topological polar surface area (TPSA) is 184 Å². The van der Waals surface area contributed by atoms with Crippen LogP contribution >= 0.6 is 0 Å². The highest BCUT2D eigenvalue weighted by molar-refractivity contribution is 5.88. The molecule has 1 saturated heterocycles. The number of benzene rings is 1. The molecule has 14 nitrogen and oxygen atoms in total. The molecule has 2 aliphatic carbocycles. The van der Waals surface area contributed by atoms with Gasteiger partial charge in [-0.2, -0.15) is 0 Å². The van der Waals surface area contributed by atoms with Gasteiger partial charge >= 0.3 is 30.0 Å². The van der Waals surface area contributed by atoms with Crippen molar-refractivity contribution >= 4 is 30.0 Å². The molecule has 238 valence electrons. The molecule has 1 unspecified atom stereocenters. The van der Waals surface area contributed by atoms with Crippen molar-refractivity contribution in [1.29, 1.82) is 0 Å². The molecule has 4 aliphatic rings. The molecule has 44 heavy (non-hydrogen) atoms. The van der Waals surface area contributed by atoms with Crippen LogP contribution in [0, 0.1) is 0 Å². The van der Waals surface area contributed by atoms with E-state index in [1.807, 2.05) is 7.05 Å². The van der Waals surface area contributed by atoms with Gasteiger partial charge in [0.05, 0.1) is 11.0 Å². The van der Waals surface area contributed by atoms with E-state index in [0.717, 1.165) is 19.4 Å². The van der Waals surface area contributed by atoms with Crippen LogP contribution in [-0.2, 0) is 50.0 Å². The van der Waals surface area contributed by atoms with Gasteiger partial charge in [0.25, 0.3) is 0 Å². The summed E-state index contributed by atoms with van der Waals surface area (Å²) in [4.78, 5) is 63.4. The summed E-state index contributed by atoms with van der Waals surface area (Å²) in [5.41, 5.74) is -1.89. The first-order valence-corrected chi connectivity index (χ1v) is 14.1. The number of carbonyl (C=O) groups is 5. The third-order valence-electron chi connectivity index (χ3n) is 8.48. The maximum Gasteiger partial charge on any atom is 0.514 e. The average molecular weight is 618 g/mol. The van der Waals surface area contributed by atoms with Gasteiger partial charge in [-0.15, -0.1) is 0 Å². The predicted octanol–water partition coefficient (Wildman–Crippen LogP) is 1.77. The Morgan fingerprint density at radius 1 is 1.05 bits per heavy atom. The molecular formula is C30H35NO13. The van der Waals surface area contributed by atoms with E-state index in [1.54, 1.807) is 32.9 Å². The number of aliphatic carboxylic acids is 1. The number of hydrogen-bond acceptors (Lipinski definition) is 13. The first kappa shape index (κ1) is 31.3. The van der Waals surface area contributed by atoms with Gasteiger partial charge < -0.3 is 43.5 Å². The highest BCUT2D eigenvalue weighted by Crippen LogP contribution is 2.65. The molecule has 6 atom stereocenters. The Morgan fingerprint density at radius 3 is 2.32 bits per heavy atom. The van der Waals surface area contributed by atoms with Crippen LogP contribution in [-0.4, -0.2) is 94.3 Å². The summed E-state index contributed by atoms with van der Waals surface area (Å²) in [5, 5.41) is 22.0. The van der Waals surface area contributed by atoms with Crippen LogP contribution in [0.1, 0.15) is 58.6 Å². The Morgan fingerprint density at radius 2 is 1.70 bits per heavy atom. The Kier molecular flexibility index (Phi) is 7.65. The smallest absolute Gasteiger partial charge is 0.478 e. The Hall–Kier alpha value is -4.17. The van der Waals surface area contributed by atoms with Gasteiger partial charge in [0, 0.05) is 31.9 Å². The second-order valence-electron chi connectivity index (χ2n) is 12.5. The van der Waals surface area contributed by atoms with Gasteiger partial charge in [-0.1, -0.05) is 6.07 Å². The fourth-order valence-corrected chi connectivity index (χ4v) is 6.88. The lowest BCUT2D eigenvalue weighted by Gasteiger charge is -2.61. The molecule has 0 radical (unpaired) electrons. The molecule has 0 amide bonds. The lowest BCUT2D eigenvalue weighted by molar-refractivity contribution is -0.190.